The average molecular weight is 206 g/mol. The van der Waals surface area contributed by atoms with Gasteiger partial charge in [0.1, 0.15) is 0 Å². The highest BCUT2D eigenvalue weighted by Gasteiger charge is 2.24. The Morgan fingerprint density at radius 3 is 2.43 bits per heavy atom. The van der Waals surface area contributed by atoms with E-state index in [1.54, 1.807) is 4.98 Å². The lowest BCUT2D eigenvalue weighted by atomic mass is 10.1. The average Bonchev–Trinajstić information content (AvgIpc) is 2.07. The smallest absolute Gasteiger partial charge is 0.270 e. The minimum absolute atomic E-state index is 0.508. The Labute approximate surface area is 75.5 Å². The summed E-state index contributed by atoms with van der Waals surface area (Å²) in [6.07, 6.45) is -2.74. The molecule has 0 radical (unpaired) electrons. The molecule has 1 aromatic rings. The van der Waals surface area contributed by atoms with Crippen molar-refractivity contribution in [3.05, 3.63) is 33.5 Å². The van der Waals surface area contributed by atoms with Gasteiger partial charge >= 0.3 is 0 Å². The summed E-state index contributed by atoms with van der Waals surface area (Å²) in [4.78, 5) is 23.1. The molecule has 3 N–H and O–H groups in total. The molecule has 1 heterocycles. The summed E-state index contributed by atoms with van der Waals surface area (Å²) in [6, 6.07) is 0. The van der Waals surface area contributed by atoms with Gasteiger partial charge in [0.2, 0.25) is 0 Å². The molecular weight excluding hydrogens is 201 g/mol. The van der Waals surface area contributed by atoms with Gasteiger partial charge < -0.3 is 10.7 Å². The fraction of sp³-hybridized carbons (Fsp3) is 0.143. The number of rotatable bonds is 2. The number of nitrogens with one attached hydrogen (secondary N) is 1. The molecule has 0 aliphatic heterocycles. The summed E-state index contributed by atoms with van der Waals surface area (Å²) in [7, 11) is 0. The third-order valence-corrected chi connectivity index (χ3v) is 1.55. The van der Waals surface area contributed by atoms with Crippen molar-refractivity contribution in [2.24, 2.45) is 5.73 Å². The lowest BCUT2D eigenvalue weighted by molar-refractivity contribution is 0.0979. The summed E-state index contributed by atoms with van der Waals surface area (Å²) in [5, 5.41) is 0. The van der Waals surface area contributed by atoms with E-state index in [9.17, 15) is 22.8 Å². The minimum Gasteiger partial charge on any atom is -0.365 e. The molecule has 1 aromatic heterocycles. The van der Waals surface area contributed by atoms with Crippen LogP contribution in [0.3, 0.4) is 0 Å². The number of hydrogen-bond donors (Lipinski definition) is 2. The summed E-state index contributed by atoms with van der Waals surface area (Å²) in [6.45, 7) is 0. The highest BCUT2D eigenvalue weighted by atomic mass is 19.3. The Balaban J connectivity index is 3.58. The Morgan fingerprint density at radius 2 is 2.07 bits per heavy atom. The van der Waals surface area contributed by atoms with Crippen LogP contribution in [0.25, 0.3) is 0 Å². The van der Waals surface area contributed by atoms with Crippen LogP contribution in [0.2, 0.25) is 0 Å². The molecule has 0 atom stereocenters. The summed E-state index contributed by atoms with van der Waals surface area (Å²) < 4.78 is 37.3. The zero-order valence-corrected chi connectivity index (χ0v) is 6.68. The second kappa shape index (κ2) is 3.52. The second-order valence-corrected chi connectivity index (χ2v) is 2.42. The highest BCUT2D eigenvalue weighted by Crippen LogP contribution is 2.20. The maximum Gasteiger partial charge on any atom is 0.270 e. The van der Waals surface area contributed by atoms with E-state index < -0.39 is 34.8 Å². The number of carbonyl (C=O) groups excluding carboxylic acids is 1. The molecule has 0 bridgehead atoms. The van der Waals surface area contributed by atoms with Gasteiger partial charge in [0, 0.05) is 6.20 Å². The van der Waals surface area contributed by atoms with Crippen molar-refractivity contribution >= 4 is 5.91 Å². The third kappa shape index (κ3) is 1.61. The van der Waals surface area contributed by atoms with Crippen LogP contribution in [0, 0.1) is 5.82 Å². The van der Waals surface area contributed by atoms with Gasteiger partial charge in [0.15, 0.2) is 5.82 Å². The number of aromatic amines is 1. The van der Waals surface area contributed by atoms with Gasteiger partial charge in [-0.05, 0) is 0 Å². The van der Waals surface area contributed by atoms with Crippen LogP contribution in [0.1, 0.15) is 22.3 Å². The van der Waals surface area contributed by atoms with Crippen LogP contribution in [0.5, 0.6) is 0 Å². The molecule has 0 fully saturated rings. The maximum atomic E-state index is 12.8. The van der Waals surface area contributed by atoms with Crippen molar-refractivity contribution in [2.45, 2.75) is 6.43 Å². The third-order valence-electron chi connectivity index (χ3n) is 1.55. The summed E-state index contributed by atoms with van der Waals surface area (Å²) >= 11 is 0. The van der Waals surface area contributed by atoms with E-state index in [4.69, 9.17) is 0 Å². The van der Waals surface area contributed by atoms with Crippen LogP contribution < -0.4 is 11.3 Å². The van der Waals surface area contributed by atoms with Crippen LogP contribution >= 0.6 is 0 Å². The molecule has 0 aliphatic rings. The number of alkyl halides is 2. The molecule has 76 valence electrons. The van der Waals surface area contributed by atoms with Crippen molar-refractivity contribution in [3.63, 3.8) is 0 Å². The first-order valence-electron chi connectivity index (χ1n) is 3.44. The van der Waals surface area contributed by atoms with E-state index in [2.05, 4.69) is 5.73 Å². The topological polar surface area (TPSA) is 76.0 Å². The monoisotopic (exact) mass is 206 g/mol. The molecule has 7 heteroatoms. The number of nitrogens with two attached hydrogens (primary N) is 1. The molecule has 14 heavy (non-hydrogen) atoms. The molecule has 0 saturated carbocycles. The molecule has 4 nitrogen and oxygen atoms in total. The van der Waals surface area contributed by atoms with Crippen molar-refractivity contribution in [3.8, 4) is 0 Å². The Morgan fingerprint density at radius 1 is 1.50 bits per heavy atom. The van der Waals surface area contributed by atoms with Gasteiger partial charge in [-0.1, -0.05) is 0 Å². The van der Waals surface area contributed by atoms with E-state index in [1.807, 2.05) is 0 Å². The number of primary amides is 1. The molecular formula is C7H5F3N2O2. The van der Waals surface area contributed by atoms with Gasteiger partial charge in [0.25, 0.3) is 17.9 Å². The molecule has 0 aliphatic carbocycles. The van der Waals surface area contributed by atoms with Crippen LogP contribution in [-0.2, 0) is 0 Å². The van der Waals surface area contributed by atoms with Gasteiger partial charge in [-0.2, -0.15) is 0 Å². The van der Waals surface area contributed by atoms with E-state index in [1.165, 1.54) is 0 Å². The van der Waals surface area contributed by atoms with Gasteiger partial charge in [-0.25, -0.2) is 13.2 Å². The number of halogens is 3. The predicted molar refractivity (Wildman–Crippen MR) is 40.5 cm³/mol. The largest absolute Gasteiger partial charge is 0.365 e. The lowest BCUT2D eigenvalue weighted by Gasteiger charge is -2.04. The summed E-state index contributed by atoms with van der Waals surface area (Å²) in [5.41, 5.74) is 1.13. The number of pyridine rings is 1. The lowest BCUT2D eigenvalue weighted by Crippen LogP contribution is -2.24. The Hall–Kier alpha value is -1.79. The number of aromatic nitrogens is 1. The van der Waals surface area contributed by atoms with Gasteiger partial charge in [-0.15, -0.1) is 0 Å². The van der Waals surface area contributed by atoms with Crippen molar-refractivity contribution in [2.75, 3.05) is 0 Å². The van der Waals surface area contributed by atoms with E-state index >= 15 is 0 Å². The number of hydrogen-bond acceptors (Lipinski definition) is 2. The maximum absolute atomic E-state index is 12.8. The van der Waals surface area contributed by atoms with Crippen molar-refractivity contribution in [1.29, 1.82) is 0 Å². The Bertz CT molecular complexity index is 427. The van der Waals surface area contributed by atoms with Crippen LogP contribution in [-0.4, -0.2) is 10.9 Å². The SMILES string of the molecule is NC(=O)c1c(F)c[nH]c(=O)c1C(F)F. The first-order valence-corrected chi connectivity index (χ1v) is 3.44. The molecule has 1 rings (SSSR count). The first-order chi connectivity index (χ1) is 6.45. The normalized spacial score (nSPS) is 10.6. The van der Waals surface area contributed by atoms with E-state index in [0.29, 0.717) is 6.20 Å². The predicted octanol–water partition coefficient (Wildman–Crippen LogP) is 0.550. The second-order valence-electron chi connectivity index (χ2n) is 2.42. The molecule has 0 spiro atoms. The molecule has 0 unspecified atom stereocenters. The number of H-pyrrole nitrogens is 1. The highest BCUT2D eigenvalue weighted by molar-refractivity contribution is 5.94. The van der Waals surface area contributed by atoms with E-state index in [0.717, 1.165) is 0 Å². The zero-order chi connectivity index (χ0) is 10.9. The minimum atomic E-state index is -3.25. The molecule has 1 amide bonds. The quantitative estimate of drug-likeness (QED) is 0.741. The van der Waals surface area contributed by atoms with E-state index in [-0.39, 0.29) is 0 Å². The molecule has 0 aromatic carbocycles. The number of amides is 1. The standard InChI is InChI=1S/C7H5F3N2O2/c8-2-1-12-7(14)4(5(9)10)3(2)6(11)13/h1,5H,(H2,11,13)(H,12,14). The number of carbonyl (C=O) groups is 1. The molecule has 0 saturated heterocycles. The van der Waals surface area contributed by atoms with Gasteiger partial charge in [-0.3, -0.25) is 9.59 Å². The summed E-state index contributed by atoms with van der Waals surface area (Å²) in [5.74, 6) is -2.67. The Kier molecular flexibility index (Phi) is 2.59. The first kappa shape index (κ1) is 10.3. The van der Waals surface area contributed by atoms with Crippen molar-refractivity contribution in [1.82, 2.24) is 4.98 Å². The fourth-order valence-corrected chi connectivity index (χ4v) is 0.980. The van der Waals surface area contributed by atoms with Crippen LogP contribution in [0.4, 0.5) is 13.2 Å². The van der Waals surface area contributed by atoms with Crippen LogP contribution in [0.15, 0.2) is 11.0 Å². The van der Waals surface area contributed by atoms with Crippen molar-refractivity contribution < 1.29 is 18.0 Å². The zero-order valence-electron chi connectivity index (χ0n) is 6.68. The fourth-order valence-electron chi connectivity index (χ4n) is 0.980. The van der Waals surface area contributed by atoms with Gasteiger partial charge in [0.05, 0.1) is 11.1 Å².